The average molecular weight is 284 g/mol. The van der Waals surface area contributed by atoms with Crippen LogP contribution in [0.1, 0.15) is 6.92 Å². The van der Waals surface area contributed by atoms with Crippen LogP contribution in [0.2, 0.25) is 0 Å². The van der Waals surface area contributed by atoms with Crippen LogP contribution in [0.4, 0.5) is 0 Å². The summed E-state index contributed by atoms with van der Waals surface area (Å²) in [5.41, 5.74) is 2.56. The van der Waals surface area contributed by atoms with Crippen molar-refractivity contribution < 1.29 is 9.53 Å². The van der Waals surface area contributed by atoms with Gasteiger partial charge in [-0.25, -0.2) is 0 Å². The zero-order valence-electron chi connectivity index (χ0n) is 12.3. The van der Waals surface area contributed by atoms with Gasteiger partial charge in [0.05, 0.1) is 18.9 Å². The first kappa shape index (κ1) is 15.2. The first-order valence-electron chi connectivity index (χ1n) is 7.01. The van der Waals surface area contributed by atoms with E-state index >= 15 is 0 Å². The van der Waals surface area contributed by atoms with Crippen LogP contribution in [-0.4, -0.2) is 42.7 Å². The van der Waals surface area contributed by atoms with Crippen LogP contribution in [0.5, 0.6) is 0 Å². The highest BCUT2D eigenvalue weighted by atomic mass is 16.5. The molecule has 0 aromatic carbocycles. The average Bonchev–Trinajstić information content (AvgIpc) is 2.52. The molecule has 4 nitrogen and oxygen atoms in total. The highest BCUT2D eigenvalue weighted by molar-refractivity contribution is 6.19. The molecule has 2 aliphatic rings. The van der Waals surface area contributed by atoms with Crippen LogP contribution < -0.4 is 0 Å². The number of ketones is 1. The van der Waals surface area contributed by atoms with E-state index in [1.54, 1.807) is 31.4 Å². The van der Waals surface area contributed by atoms with Crippen molar-refractivity contribution in [2.75, 3.05) is 26.3 Å². The molecule has 0 N–H and O–H groups in total. The van der Waals surface area contributed by atoms with E-state index in [9.17, 15) is 4.79 Å². The summed E-state index contributed by atoms with van der Waals surface area (Å²) in [6.07, 6.45) is 12.5. The van der Waals surface area contributed by atoms with Gasteiger partial charge in [0.2, 0.25) is 0 Å². The number of ether oxygens (including phenoxy) is 1. The van der Waals surface area contributed by atoms with Crippen molar-refractivity contribution in [3.63, 3.8) is 0 Å². The fourth-order valence-electron chi connectivity index (χ4n) is 2.11. The molecule has 0 amide bonds. The van der Waals surface area contributed by atoms with Crippen LogP contribution in [0.15, 0.2) is 65.5 Å². The minimum absolute atomic E-state index is 0.0408. The molecule has 2 rings (SSSR count). The Bertz CT molecular complexity index is 559. The van der Waals surface area contributed by atoms with E-state index in [4.69, 9.17) is 4.74 Å². The van der Waals surface area contributed by atoms with E-state index in [-0.39, 0.29) is 5.78 Å². The van der Waals surface area contributed by atoms with Crippen molar-refractivity contribution in [3.05, 3.63) is 60.5 Å². The van der Waals surface area contributed by atoms with Crippen LogP contribution >= 0.6 is 0 Å². The Kier molecular flexibility index (Phi) is 5.46. The molecule has 1 heterocycles. The van der Waals surface area contributed by atoms with Gasteiger partial charge < -0.3 is 9.64 Å². The van der Waals surface area contributed by atoms with Crippen molar-refractivity contribution in [1.82, 2.24) is 4.90 Å². The van der Waals surface area contributed by atoms with Crippen LogP contribution in [0.3, 0.4) is 0 Å². The van der Waals surface area contributed by atoms with E-state index in [2.05, 4.69) is 16.5 Å². The van der Waals surface area contributed by atoms with Crippen LogP contribution in [-0.2, 0) is 9.53 Å². The Morgan fingerprint density at radius 2 is 2.14 bits per heavy atom. The largest absolute Gasteiger partial charge is 0.378 e. The second-order valence-electron chi connectivity index (χ2n) is 4.82. The predicted octanol–water partition coefficient (Wildman–Crippen LogP) is 2.43. The number of carbonyl (C=O) groups excluding carboxylic acids is 1. The molecule has 0 bridgehead atoms. The lowest BCUT2D eigenvalue weighted by Gasteiger charge is -2.29. The van der Waals surface area contributed by atoms with Gasteiger partial charge in [-0.1, -0.05) is 6.58 Å². The van der Waals surface area contributed by atoms with Gasteiger partial charge >= 0.3 is 0 Å². The lowest BCUT2D eigenvalue weighted by molar-refractivity contribution is -0.111. The molecule has 1 aliphatic carbocycles. The van der Waals surface area contributed by atoms with E-state index in [1.807, 2.05) is 18.2 Å². The molecule has 0 unspecified atom stereocenters. The second kappa shape index (κ2) is 7.55. The second-order valence-corrected chi connectivity index (χ2v) is 4.82. The van der Waals surface area contributed by atoms with Gasteiger partial charge in [-0.3, -0.25) is 9.79 Å². The van der Waals surface area contributed by atoms with E-state index in [1.165, 1.54) is 0 Å². The van der Waals surface area contributed by atoms with Gasteiger partial charge in [0.15, 0.2) is 5.78 Å². The van der Waals surface area contributed by atoms with E-state index in [0.29, 0.717) is 5.57 Å². The molecule has 1 fully saturated rings. The summed E-state index contributed by atoms with van der Waals surface area (Å²) in [4.78, 5) is 17.9. The zero-order chi connectivity index (χ0) is 15.1. The smallest absolute Gasteiger partial charge is 0.181 e. The topological polar surface area (TPSA) is 41.9 Å². The molecule has 0 spiro atoms. The fraction of sp³-hybridized carbons (Fsp3) is 0.294. The van der Waals surface area contributed by atoms with Gasteiger partial charge in [-0.2, -0.15) is 0 Å². The molecule has 1 aliphatic heterocycles. The first-order chi connectivity index (χ1) is 10.2. The zero-order valence-corrected chi connectivity index (χ0v) is 12.3. The van der Waals surface area contributed by atoms with Crippen molar-refractivity contribution in [1.29, 1.82) is 0 Å². The Balaban J connectivity index is 2.00. The van der Waals surface area contributed by atoms with E-state index < -0.39 is 0 Å². The number of nitrogens with zero attached hydrogens (tertiary/aromatic N) is 2. The van der Waals surface area contributed by atoms with Crippen molar-refractivity contribution in [2.24, 2.45) is 4.99 Å². The summed E-state index contributed by atoms with van der Waals surface area (Å²) >= 11 is 0. The summed E-state index contributed by atoms with van der Waals surface area (Å²) < 4.78 is 5.33. The highest BCUT2D eigenvalue weighted by Gasteiger charge is 2.10. The standard InChI is InChI=1S/C17H20N2O2/c1-3-16(19-9-11-21-12-10-19)5-4-8-18-15-6-7-17(20)14(2)13-15/h3-8,13H,1,9-12H2,2H3/b8-4+,16-5+,18-15?. The normalized spacial score (nSPS) is 22.0. The third kappa shape index (κ3) is 4.39. The molecule has 0 aromatic heterocycles. The van der Waals surface area contributed by atoms with Gasteiger partial charge in [-0.15, -0.1) is 0 Å². The Morgan fingerprint density at radius 1 is 1.38 bits per heavy atom. The third-order valence-corrected chi connectivity index (χ3v) is 3.32. The lowest BCUT2D eigenvalue weighted by atomic mass is 10.1. The maximum atomic E-state index is 11.3. The molecule has 21 heavy (non-hydrogen) atoms. The van der Waals surface area contributed by atoms with Crippen molar-refractivity contribution in [3.8, 4) is 0 Å². The quantitative estimate of drug-likeness (QED) is 0.588. The molecular formula is C17H20N2O2. The number of hydrogen-bond donors (Lipinski definition) is 0. The predicted molar refractivity (Wildman–Crippen MR) is 85.2 cm³/mol. The fourth-order valence-corrected chi connectivity index (χ4v) is 2.11. The number of carbonyl (C=O) groups is 1. The summed E-state index contributed by atoms with van der Waals surface area (Å²) in [6.45, 7) is 8.90. The van der Waals surface area contributed by atoms with Crippen LogP contribution in [0.25, 0.3) is 0 Å². The third-order valence-electron chi connectivity index (χ3n) is 3.32. The summed E-state index contributed by atoms with van der Waals surface area (Å²) in [7, 11) is 0. The Labute approximate surface area is 125 Å². The minimum atomic E-state index is 0.0408. The number of rotatable bonds is 4. The summed E-state index contributed by atoms with van der Waals surface area (Å²) in [5, 5.41) is 0. The number of allylic oxidation sites excluding steroid dienone is 7. The Hall–Kier alpha value is -2.20. The van der Waals surface area contributed by atoms with Gasteiger partial charge in [0.1, 0.15) is 0 Å². The molecule has 0 aromatic rings. The van der Waals surface area contributed by atoms with Gasteiger partial charge in [-0.05, 0) is 49.0 Å². The summed E-state index contributed by atoms with van der Waals surface area (Å²) in [6, 6.07) is 0. The van der Waals surface area contributed by atoms with Gasteiger partial charge in [0, 0.05) is 25.0 Å². The molecule has 0 atom stereocenters. The number of hydrogen-bond acceptors (Lipinski definition) is 4. The molecule has 1 saturated heterocycles. The monoisotopic (exact) mass is 284 g/mol. The van der Waals surface area contributed by atoms with Gasteiger partial charge in [0.25, 0.3) is 0 Å². The maximum Gasteiger partial charge on any atom is 0.181 e. The highest BCUT2D eigenvalue weighted by Crippen LogP contribution is 2.09. The number of morpholine rings is 1. The molecular weight excluding hydrogens is 264 g/mol. The maximum absolute atomic E-state index is 11.3. The molecule has 0 radical (unpaired) electrons. The van der Waals surface area contributed by atoms with Crippen LogP contribution in [0, 0.1) is 0 Å². The SMILES string of the molecule is C=C/C(=C\C=C\N=C1C=CC(=O)C(C)=C1)N1CCOCC1. The molecule has 4 heteroatoms. The Morgan fingerprint density at radius 3 is 2.81 bits per heavy atom. The molecule has 0 saturated carbocycles. The first-order valence-corrected chi connectivity index (χ1v) is 7.01. The van der Waals surface area contributed by atoms with Crippen molar-refractivity contribution >= 4 is 11.5 Å². The molecule has 110 valence electrons. The number of aliphatic imine (C=N–C) groups is 1. The minimum Gasteiger partial charge on any atom is -0.378 e. The lowest BCUT2D eigenvalue weighted by Crippen LogP contribution is -2.35. The summed E-state index contributed by atoms with van der Waals surface area (Å²) in [5.74, 6) is 0.0408. The van der Waals surface area contributed by atoms with Crippen molar-refractivity contribution in [2.45, 2.75) is 6.92 Å². The van der Waals surface area contributed by atoms with E-state index in [0.717, 1.165) is 37.7 Å².